The summed E-state index contributed by atoms with van der Waals surface area (Å²) in [5.74, 6) is -0.0772. The van der Waals surface area contributed by atoms with Crippen molar-refractivity contribution >= 4 is 40.7 Å². The second-order valence-corrected chi connectivity index (χ2v) is 7.59. The van der Waals surface area contributed by atoms with Crippen LogP contribution in [0.3, 0.4) is 0 Å². The fourth-order valence-electron chi connectivity index (χ4n) is 3.52. The minimum absolute atomic E-state index is 0.0476. The molecule has 152 valence electrons. The van der Waals surface area contributed by atoms with Crippen molar-refractivity contribution < 1.29 is 14.4 Å². The molecule has 30 heavy (non-hydrogen) atoms. The number of hydrogen-bond donors (Lipinski definition) is 2. The number of carbonyl (C=O) groups is 3. The molecule has 2 aromatic carbocycles. The molecule has 0 bridgehead atoms. The van der Waals surface area contributed by atoms with Gasteiger partial charge >= 0.3 is 0 Å². The third kappa shape index (κ3) is 3.71. The van der Waals surface area contributed by atoms with Crippen molar-refractivity contribution in [1.82, 2.24) is 9.78 Å². The van der Waals surface area contributed by atoms with Crippen LogP contribution in [0.5, 0.6) is 0 Å². The molecular weight excluding hydrogens is 404 g/mol. The van der Waals surface area contributed by atoms with Crippen LogP contribution < -0.4 is 10.6 Å². The first kappa shape index (κ1) is 19.8. The minimum atomic E-state index is -0.740. The van der Waals surface area contributed by atoms with Crippen LogP contribution in [0.15, 0.2) is 48.5 Å². The lowest BCUT2D eigenvalue weighted by Gasteiger charge is -2.10. The predicted octanol–water partition coefficient (Wildman–Crippen LogP) is 4.24. The lowest BCUT2D eigenvalue weighted by molar-refractivity contribution is -0.123. The second kappa shape index (κ2) is 7.76. The maximum atomic E-state index is 12.5. The van der Waals surface area contributed by atoms with Crippen molar-refractivity contribution in [3.8, 4) is 11.1 Å². The van der Waals surface area contributed by atoms with E-state index >= 15 is 0 Å². The number of anilines is 2. The average molecular weight is 423 g/mol. The molecule has 0 aliphatic carbocycles. The van der Waals surface area contributed by atoms with Gasteiger partial charge in [0.05, 0.1) is 12.1 Å². The Balaban J connectivity index is 1.53. The molecule has 4 rings (SSSR count). The molecule has 7 nitrogen and oxygen atoms in total. The van der Waals surface area contributed by atoms with Gasteiger partial charge in [-0.15, -0.1) is 0 Å². The van der Waals surface area contributed by atoms with Crippen molar-refractivity contribution in [3.63, 3.8) is 0 Å². The van der Waals surface area contributed by atoms with Crippen LogP contribution in [0.2, 0.25) is 5.02 Å². The summed E-state index contributed by atoms with van der Waals surface area (Å²) in [7, 11) is 0. The maximum Gasteiger partial charge on any atom is 0.251 e. The standard InChI is InChI=1S/C22H19ClN4O3/c1-12-20(15-3-7-16(23)8-4-15)21-25-22(30)18(27(21)26-12)11-19(29)24-17-9-5-14(6-10-17)13(2)28/h3-10,18H,11H2,1-2H3,(H,24,29)(H,25,30). The third-order valence-electron chi connectivity index (χ3n) is 5.01. The quantitative estimate of drug-likeness (QED) is 0.601. The normalized spacial score (nSPS) is 14.9. The largest absolute Gasteiger partial charge is 0.326 e. The molecule has 2 heterocycles. The SMILES string of the molecule is CC(=O)c1ccc(NC(=O)CC2C(=O)Nc3c(-c4ccc(Cl)cc4)c(C)nn32)cc1. The Morgan fingerprint density at radius 2 is 1.80 bits per heavy atom. The molecule has 8 heteroatoms. The van der Waals surface area contributed by atoms with E-state index < -0.39 is 6.04 Å². The maximum absolute atomic E-state index is 12.5. The Morgan fingerprint density at radius 3 is 2.43 bits per heavy atom. The summed E-state index contributed by atoms with van der Waals surface area (Å²) in [6.07, 6.45) is -0.0610. The molecular formula is C22H19ClN4O3. The van der Waals surface area contributed by atoms with E-state index in [2.05, 4.69) is 15.7 Å². The number of amides is 2. The van der Waals surface area contributed by atoms with E-state index in [9.17, 15) is 14.4 Å². The van der Waals surface area contributed by atoms with Gasteiger partial charge in [0.1, 0.15) is 11.9 Å². The highest BCUT2D eigenvalue weighted by Gasteiger charge is 2.36. The minimum Gasteiger partial charge on any atom is -0.326 e. The van der Waals surface area contributed by atoms with E-state index in [1.54, 1.807) is 41.1 Å². The van der Waals surface area contributed by atoms with Crippen LogP contribution in [-0.4, -0.2) is 27.4 Å². The summed E-state index contributed by atoms with van der Waals surface area (Å²) in [4.78, 5) is 36.4. The van der Waals surface area contributed by atoms with Crippen LogP contribution in [0, 0.1) is 6.92 Å². The van der Waals surface area contributed by atoms with E-state index in [0.717, 1.165) is 16.8 Å². The molecule has 2 amide bonds. The van der Waals surface area contributed by atoms with Gasteiger partial charge < -0.3 is 10.6 Å². The molecule has 1 aromatic heterocycles. The van der Waals surface area contributed by atoms with Crippen molar-refractivity contribution in [3.05, 3.63) is 64.8 Å². The summed E-state index contributed by atoms with van der Waals surface area (Å²) in [6, 6.07) is 13.2. The number of ketones is 1. The van der Waals surface area contributed by atoms with Gasteiger partial charge in [0, 0.05) is 21.8 Å². The third-order valence-corrected chi connectivity index (χ3v) is 5.26. The van der Waals surface area contributed by atoms with Crippen LogP contribution >= 0.6 is 11.6 Å². The van der Waals surface area contributed by atoms with Crippen LogP contribution in [0.1, 0.15) is 35.4 Å². The predicted molar refractivity (Wildman–Crippen MR) is 115 cm³/mol. The monoisotopic (exact) mass is 422 g/mol. The zero-order chi connectivity index (χ0) is 21.4. The summed E-state index contributed by atoms with van der Waals surface area (Å²) in [5.41, 5.74) is 3.56. The highest BCUT2D eigenvalue weighted by Crippen LogP contribution is 2.38. The molecule has 1 aliphatic heterocycles. The number of nitrogens with zero attached hydrogens (tertiary/aromatic N) is 2. The van der Waals surface area contributed by atoms with E-state index in [1.165, 1.54) is 6.92 Å². The molecule has 1 atom stereocenters. The number of aryl methyl sites for hydroxylation is 1. The highest BCUT2D eigenvalue weighted by molar-refractivity contribution is 6.30. The van der Waals surface area contributed by atoms with Gasteiger partial charge in [-0.25, -0.2) is 4.68 Å². The van der Waals surface area contributed by atoms with Crippen molar-refractivity contribution in [1.29, 1.82) is 0 Å². The molecule has 3 aromatic rings. The second-order valence-electron chi connectivity index (χ2n) is 7.15. The molecule has 1 unspecified atom stereocenters. The summed E-state index contributed by atoms with van der Waals surface area (Å²) >= 11 is 5.97. The number of aromatic nitrogens is 2. The summed E-state index contributed by atoms with van der Waals surface area (Å²) in [6.45, 7) is 3.34. The molecule has 0 saturated carbocycles. The number of Topliss-reactive ketones (excluding diaryl/α,β-unsaturated/α-hetero) is 1. The van der Waals surface area contributed by atoms with Gasteiger partial charge in [-0.3, -0.25) is 14.4 Å². The zero-order valence-electron chi connectivity index (χ0n) is 16.4. The van der Waals surface area contributed by atoms with Gasteiger partial charge in [0.15, 0.2) is 5.78 Å². The first-order valence-electron chi connectivity index (χ1n) is 9.40. The Labute approximate surface area is 178 Å². The van der Waals surface area contributed by atoms with Gasteiger partial charge in [0.25, 0.3) is 5.91 Å². The smallest absolute Gasteiger partial charge is 0.251 e. The first-order chi connectivity index (χ1) is 14.3. The topological polar surface area (TPSA) is 93.1 Å². The molecule has 0 radical (unpaired) electrons. The number of halogens is 1. The Bertz CT molecular complexity index is 1150. The van der Waals surface area contributed by atoms with E-state index in [-0.39, 0.29) is 24.0 Å². The van der Waals surface area contributed by atoms with Crippen LogP contribution in [0.4, 0.5) is 11.5 Å². The number of rotatable bonds is 5. The molecule has 0 fully saturated rings. The number of fused-ring (bicyclic) bond motifs is 1. The molecule has 0 saturated heterocycles. The van der Waals surface area contributed by atoms with Crippen molar-refractivity contribution in [2.75, 3.05) is 10.6 Å². The van der Waals surface area contributed by atoms with Gasteiger partial charge in [0.2, 0.25) is 5.91 Å². The molecule has 0 spiro atoms. The molecule has 1 aliphatic rings. The Kier molecular flexibility index (Phi) is 5.13. The number of benzene rings is 2. The van der Waals surface area contributed by atoms with Gasteiger partial charge in [-0.05, 0) is 55.8 Å². The van der Waals surface area contributed by atoms with E-state index in [1.807, 2.05) is 19.1 Å². The van der Waals surface area contributed by atoms with Crippen molar-refractivity contribution in [2.24, 2.45) is 0 Å². The fraction of sp³-hybridized carbons (Fsp3) is 0.182. The molecule has 2 N–H and O–H groups in total. The summed E-state index contributed by atoms with van der Waals surface area (Å²) < 4.78 is 1.57. The Hall–Kier alpha value is -3.45. The lowest BCUT2D eigenvalue weighted by atomic mass is 10.1. The van der Waals surface area contributed by atoms with E-state index in [0.29, 0.717) is 22.1 Å². The first-order valence-corrected chi connectivity index (χ1v) is 9.78. The van der Waals surface area contributed by atoms with Gasteiger partial charge in [-0.1, -0.05) is 23.7 Å². The van der Waals surface area contributed by atoms with Crippen molar-refractivity contribution in [2.45, 2.75) is 26.3 Å². The highest BCUT2D eigenvalue weighted by atomic mass is 35.5. The Morgan fingerprint density at radius 1 is 1.13 bits per heavy atom. The number of carbonyl (C=O) groups excluding carboxylic acids is 3. The number of hydrogen-bond acceptors (Lipinski definition) is 4. The van der Waals surface area contributed by atoms with E-state index in [4.69, 9.17) is 11.6 Å². The van der Waals surface area contributed by atoms with Crippen LogP contribution in [0.25, 0.3) is 11.1 Å². The van der Waals surface area contributed by atoms with Crippen LogP contribution in [-0.2, 0) is 9.59 Å². The number of nitrogens with one attached hydrogen (secondary N) is 2. The van der Waals surface area contributed by atoms with Gasteiger partial charge in [-0.2, -0.15) is 5.10 Å². The zero-order valence-corrected chi connectivity index (χ0v) is 17.2. The fourth-order valence-corrected chi connectivity index (χ4v) is 3.65. The lowest BCUT2D eigenvalue weighted by Crippen LogP contribution is -2.23. The summed E-state index contributed by atoms with van der Waals surface area (Å²) in [5, 5.41) is 10.7. The average Bonchev–Trinajstić information content (AvgIpc) is 3.17.